The molecule has 4 rings (SSSR count). The summed E-state index contributed by atoms with van der Waals surface area (Å²) in [5.74, 6) is -1.87. The fourth-order valence-electron chi connectivity index (χ4n) is 4.53. The second-order valence-corrected chi connectivity index (χ2v) is 7.32. The Morgan fingerprint density at radius 1 is 1.19 bits per heavy atom. The molecule has 27 heavy (non-hydrogen) atoms. The van der Waals surface area contributed by atoms with Crippen LogP contribution in [0.3, 0.4) is 0 Å². The van der Waals surface area contributed by atoms with Crippen molar-refractivity contribution in [2.24, 2.45) is 5.92 Å². The van der Waals surface area contributed by atoms with E-state index in [-0.39, 0.29) is 18.2 Å². The number of carbonyl (C=O) groups is 3. The van der Waals surface area contributed by atoms with Gasteiger partial charge in [-0.3, -0.25) is 19.4 Å². The molecule has 1 aromatic heterocycles. The lowest BCUT2D eigenvalue weighted by Crippen LogP contribution is -2.56. The van der Waals surface area contributed by atoms with Crippen LogP contribution < -0.4 is 0 Å². The van der Waals surface area contributed by atoms with E-state index in [1.807, 2.05) is 24.3 Å². The molecular weight excluding hydrogens is 346 g/mol. The molecule has 2 saturated heterocycles. The number of carbonyl (C=O) groups excluding carboxylic acids is 2. The molecule has 2 aromatic rings. The zero-order chi connectivity index (χ0) is 19.2. The van der Waals surface area contributed by atoms with Crippen molar-refractivity contribution in [3.63, 3.8) is 0 Å². The van der Waals surface area contributed by atoms with Gasteiger partial charge in [0, 0.05) is 38.1 Å². The Labute approximate surface area is 156 Å². The molecular formula is C20H21N3O4. The molecule has 1 spiro atoms. The Kier molecular flexibility index (Phi) is 4.09. The summed E-state index contributed by atoms with van der Waals surface area (Å²) in [6.07, 6.45) is 2.61. The van der Waals surface area contributed by atoms with Crippen LogP contribution in [-0.2, 0) is 9.59 Å². The number of carboxylic acids is 1. The van der Waals surface area contributed by atoms with Gasteiger partial charge in [-0.15, -0.1) is 0 Å². The highest BCUT2D eigenvalue weighted by molar-refractivity contribution is 6.06. The molecule has 1 aromatic carbocycles. The number of pyridine rings is 1. The summed E-state index contributed by atoms with van der Waals surface area (Å²) in [6.45, 7) is 0.855. The molecule has 3 heterocycles. The first kappa shape index (κ1) is 17.5. The summed E-state index contributed by atoms with van der Waals surface area (Å²) in [6, 6.07) is 9.23. The fourth-order valence-corrected chi connectivity index (χ4v) is 4.53. The van der Waals surface area contributed by atoms with Crippen molar-refractivity contribution in [2.75, 3.05) is 20.1 Å². The van der Waals surface area contributed by atoms with Gasteiger partial charge in [0.15, 0.2) is 0 Å². The maximum atomic E-state index is 13.1. The van der Waals surface area contributed by atoms with Crippen molar-refractivity contribution in [2.45, 2.75) is 24.8 Å². The predicted octanol–water partition coefficient (Wildman–Crippen LogP) is 1.77. The van der Waals surface area contributed by atoms with Gasteiger partial charge in [0.2, 0.25) is 5.91 Å². The maximum absolute atomic E-state index is 13.1. The largest absolute Gasteiger partial charge is 0.481 e. The molecule has 0 saturated carbocycles. The van der Waals surface area contributed by atoms with Gasteiger partial charge in [0.25, 0.3) is 5.91 Å². The summed E-state index contributed by atoms with van der Waals surface area (Å²) in [4.78, 5) is 44.5. The lowest BCUT2D eigenvalue weighted by atomic mass is 9.77. The highest BCUT2D eigenvalue weighted by Gasteiger charge is 2.55. The number of rotatable bonds is 2. The van der Waals surface area contributed by atoms with E-state index < -0.39 is 17.4 Å². The van der Waals surface area contributed by atoms with Crippen LogP contribution in [0.4, 0.5) is 0 Å². The number of fused-ring (bicyclic) bond motifs is 1. The first-order valence-corrected chi connectivity index (χ1v) is 9.06. The van der Waals surface area contributed by atoms with E-state index in [0.717, 1.165) is 10.9 Å². The second-order valence-electron chi connectivity index (χ2n) is 7.32. The lowest BCUT2D eigenvalue weighted by Gasteiger charge is -2.45. The van der Waals surface area contributed by atoms with Gasteiger partial charge in [-0.05, 0) is 25.0 Å². The Balaban J connectivity index is 1.58. The van der Waals surface area contributed by atoms with E-state index in [1.165, 1.54) is 0 Å². The lowest BCUT2D eigenvalue weighted by molar-refractivity contribution is -0.145. The molecule has 7 heteroatoms. The zero-order valence-corrected chi connectivity index (χ0v) is 15.1. The molecule has 7 nitrogen and oxygen atoms in total. The number of para-hydroxylation sites is 1. The molecule has 1 N–H and O–H groups in total. The van der Waals surface area contributed by atoms with Gasteiger partial charge in [-0.25, -0.2) is 0 Å². The minimum atomic E-state index is -0.937. The van der Waals surface area contributed by atoms with E-state index in [4.69, 9.17) is 0 Å². The van der Waals surface area contributed by atoms with Crippen molar-refractivity contribution in [3.05, 3.63) is 42.1 Å². The Morgan fingerprint density at radius 3 is 2.59 bits per heavy atom. The van der Waals surface area contributed by atoms with E-state index in [0.29, 0.717) is 31.5 Å². The third kappa shape index (κ3) is 2.65. The highest BCUT2D eigenvalue weighted by Crippen LogP contribution is 2.43. The van der Waals surface area contributed by atoms with Crippen LogP contribution in [0.25, 0.3) is 10.9 Å². The quantitative estimate of drug-likeness (QED) is 0.874. The number of carboxylic acid groups (broad SMARTS) is 1. The van der Waals surface area contributed by atoms with E-state index in [2.05, 4.69) is 4.98 Å². The zero-order valence-electron chi connectivity index (χ0n) is 15.1. The number of aliphatic carboxylic acids is 1. The van der Waals surface area contributed by atoms with E-state index >= 15 is 0 Å². The van der Waals surface area contributed by atoms with Gasteiger partial charge < -0.3 is 14.9 Å². The second kappa shape index (κ2) is 6.33. The van der Waals surface area contributed by atoms with Crippen molar-refractivity contribution < 1.29 is 19.5 Å². The number of hydrogen-bond donors (Lipinski definition) is 1. The van der Waals surface area contributed by atoms with Crippen LogP contribution in [-0.4, -0.2) is 63.4 Å². The minimum absolute atomic E-state index is 0.0365. The minimum Gasteiger partial charge on any atom is -0.481 e. The summed E-state index contributed by atoms with van der Waals surface area (Å²) >= 11 is 0. The highest BCUT2D eigenvalue weighted by atomic mass is 16.4. The number of nitrogens with zero attached hydrogens (tertiary/aromatic N) is 3. The molecule has 2 aliphatic heterocycles. The smallest absolute Gasteiger partial charge is 0.309 e. The SMILES string of the molecule is CN1C(=O)C[C@H](C(=O)O)C12CCN(C(=O)c1ccnc3ccccc13)CC2. The van der Waals surface area contributed by atoms with Gasteiger partial charge in [0.1, 0.15) is 0 Å². The third-order valence-corrected chi connectivity index (χ3v) is 6.16. The number of amides is 2. The first-order valence-electron chi connectivity index (χ1n) is 9.06. The summed E-state index contributed by atoms with van der Waals surface area (Å²) < 4.78 is 0. The summed E-state index contributed by atoms with van der Waals surface area (Å²) in [5.41, 5.74) is 0.672. The molecule has 0 radical (unpaired) electrons. The third-order valence-electron chi connectivity index (χ3n) is 6.16. The van der Waals surface area contributed by atoms with Crippen molar-refractivity contribution in [1.29, 1.82) is 0 Å². The molecule has 140 valence electrons. The average Bonchev–Trinajstić information content (AvgIpc) is 2.93. The molecule has 2 aliphatic rings. The number of benzene rings is 1. The number of piperidine rings is 1. The van der Waals surface area contributed by atoms with Crippen LogP contribution in [0.2, 0.25) is 0 Å². The summed E-state index contributed by atoms with van der Waals surface area (Å²) in [7, 11) is 1.68. The first-order chi connectivity index (χ1) is 12.9. The summed E-state index contributed by atoms with van der Waals surface area (Å²) in [5, 5.41) is 10.4. The van der Waals surface area contributed by atoms with Crippen molar-refractivity contribution in [3.8, 4) is 0 Å². The van der Waals surface area contributed by atoms with Crippen LogP contribution in [0.5, 0.6) is 0 Å². The number of likely N-dealkylation sites (tertiary alicyclic amines) is 2. The van der Waals surface area contributed by atoms with Crippen molar-refractivity contribution in [1.82, 2.24) is 14.8 Å². The van der Waals surface area contributed by atoms with Crippen LogP contribution >= 0.6 is 0 Å². The fraction of sp³-hybridized carbons (Fsp3) is 0.400. The molecule has 1 atom stereocenters. The monoisotopic (exact) mass is 367 g/mol. The average molecular weight is 367 g/mol. The normalized spacial score (nSPS) is 21.8. The van der Waals surface area contributed by atoms with Gasteiger partial charge in [-0.1, -0.05) is 18.2 Å². The molecule has 2 fully saturated rings. The van der Waals surface area contributed by atoms with Crippen LogP contribution in [0.1, 0.15) is 29.6 Å². The number of hydrogen-bond acceptors (Lipinski definition) is 4. The molecule has 0 aliphatic carbocycles. The Bertz CT molecular complexity index is 928. The van der Waals surface area contributed by atoms with E-state index in [9.17, 15) is 19.5 Å². The van der Waals surface area contributed by atoms with Crippen LogP contribution in [0, 0.1) is 5.92 Å². The Morgan fingerprint density at radius 2 is 1.89 bits per heavy atom. The van der Waals surface area contributed by atoms with Crippen LogP contribution in [0.15, 0.2) is 36.5 Å². The number of aromatic nitrogens is 1. The molecule has 0 bridgehead atoms. The Hall–Kier alpha value is -2.96. The van der Waals surface area contributed by atoms with Crippen molar-refractivity contribution >= 4 is 28.7 Å². The molecule has 2 amide bonds. The van der Waals surface area contributed by atoms with Gasteiger partial charge >= 0.3 is 5.97 Å². The van der Waals surface area contributed by atoms with E-state index in [1.54, 1.807) is 29.1 Å². The maximum Gasteiger partial charge on any atom is 0.309 e. The van der Waals surface area contributed by atoms with Gasteiger partial charge in [-0.2, -0.15) is 0 Å². The van der Waals surface area contributed by atoms with Gasteiger partial charge in [0.05, 0.1) is 22.5 Å². The standard InChI is InChI=1S/C20H21N3O4/c1-22-17(24)12-15(19(26)27)20(22)7-10-23(11-8-20)18(25)14-6-9-21-16-5-3-2-4-13(14)16/h2-6,9,15H,7-8,10-12H2,1H3,(H,26,27)/t15-/m1/s1. The topological polar surface area (TPSA) is 90.8 Å². The molecule has 0 unspecified atom stereocenters. The predicted molar refractivity (Wildman–Crippen MR) is 98.1 cm³/mol.